The summed E-state index contributed by atoms with van der Waals surface area (Å²) in [6.07, 6.45) is 6.74. The van der Waals surface area contributed by atoms with Crippen LogP contribution >= 0.6 is 11.6 Å². The Balaban J connectivity index is 4.53. The average molecular weight is 329 g/mol. The molecule has 1 atom stereocenters. The fourth-order valence-electron chi connectivity index (χ4n) is 1.87. The number of halogens is 2. The third-order valence-electron chi connectivity index (χ3n) is 3.29. The molecule has 0 radical (unpaired) electrons. The van der Waals surface area contributed by atoms with Crippen LogP contribution in [0, 0.1) is 5.92 Å². The Morgan fingerprint density at radius 2 is 2.00 bits per heavy atom. The summed E-state index contributed by atoms with van der Waals surface area (Å²) in [6, 6.07) is 0. The van der Waals surface area contributed by atoms with Crippen LogP contribution in [0.25, 0.3) is 0 Å². The van der Waals surface area contributed by atoms with Crippen molar-refractivity contribution < 1.29 is 9.13 Å². The summed E-state index contributed by atoms with van der Waals surface area (Å²) < 4.78 is 18.8. The van der Waals surface area contributed by atoms with Gasteiger partial charge in [0.2, 0.25) is 0 Å². The van der Waals surface area contributed by atoms with E-state index in [0.717, 1.165) is 25.0 Å². The Hall–Kier alpha value is -1.42. The van der Waals surface area contributed by atoms with E-state index < -0.39 is 0 Å². The van der Waals surface area contributed by atoms with E-state index in [1.54, 1.807) is 13.2 Å². The SMILES string of the molecule is C=C/C=C(\CCC(C)CC/C(N=C(CCl)N=C)=C(\C)F)OC. The number of aliphatic imine (C=N–C) groups is 2. The van der Waals surface area contributed by atoms with Crippen molar-refractivity contribution in [3.63, 3.8) is 0 Å². The predicted molar refractivity (Wildman–Crippen MR) is 94.4 cm³/mol. The zero-order valence-corrected chi connectivity index (χ0v) is 14.5. The van der Waals surface area contributed by atoms with Crippen molar-refractivity contribution in [1.29, 1.82) is 0 Å². The van der Waals surface area contributed by atoms with E-state index >= 15 is 0 Å². The van der Waals surface area contributed by atoms with Gasteiger partial charge < -0.3 is 4.74 Å². The number of amidine groups is 1. The molecule has 0 aliphatic heterocycles. The standard InChI is InChI=1S/C17H26ClFN2O/c1-6-7-15(22-5)10-8-13(2)9-11-16(14(3)19)21-17(12-18)20-4/h6-7,13H,1,4,8-12H2,2-3,5H3/b15-7+,16-14-,21-17?. The van der Waals surface area contributed by atoms with Gasteiger partial charge in [0.05, 0.1) is 24.4 Å². The molecule has 124 valence electrons. The summed E-state index contributed by atoms with van der Waals surface area (Å²) in [4.78, 5) is 7.82. The maximum atomic E-state index is 13.5. The molecule has 3 nitrogen and oxygen atoms in total. The summed E-state index contributed by atoms with van der Waals surface area (Å²) in [5.41, 5.74) is 0.392. The molecule has 0 heterocycles. The first kappa shape index (κ1) is 20.6. The van der Waals surface area contributed by atoms with E-state index in [1.165, 1.54) is 6.92 Å². The van der Waals surface area contributed by atoms with E-state index in [1.807, 2.05) is 6.08 Å². The van der Waals surface area contributed by atoms with Gasteiger partial charge in [0.15, 0.2) is 0 Å². The maximum Gasteiger partial charge on any atom is 0.142 e. The summed E-state index contributed by atoms with van der Waals surface area (Å²) >= 11 is 5.67. The van der Waals surface area contributed by atoms with E-state index in [2.05, 4.69) is 30.2 Å². The van der Waals surface area contributed by atoms with Crippen molar-refractivity contribution in [2.24, 2.45) is 15.9 Å². The molecule has 0 N–H and O–H groups in total. The molecule has 0 fully saturated rings. The third-order valence-corrected chi connectivity index (χ3v) is 3.53. The van der Waals surface area contributed by atoms with Gasteiger partial charge in [0.1, 0.15) is 11.7 Å². The minimum atomic E-state index is -0.303. The lowest BCUT2D eigenvalue weighted by atomic mass is 9.98. The third kappa shape index (κ3) is 8.78. The highest BCUT2D eigenvalue weighted by Gasteiger charge is 2.09. The van der Waals surface area contributed by atoms with Crippen LogP contribution in [0.3, 0.4) is 0 Å². The fraction of sp³-hybridized carbons (Fsp3) is 0.529. The van der Waals surface area contributed by atoms with Crippen LogP contribution in [0.1, 0.15) is 39.5 Å². The quantitative estimate of drug-likeness (QED) is 0.173. The molecule has 0 aromatic carbocycles. The second-order valence-electron chi connectivity index (χ2n) is 5.06. The maximum absolute atomic E-state index is 13.5. The molecule has 0 saturated carbocycles. The van der Waals surface area contributed by atoms with Gasteiger partial charge in [-0.25, -0.2) is 14.4 Å². The van der Waals surface area contributed by atoms with Gasteiger partial charge in [-0.15, -0.1) is 11.6 Å². The molecule has 1 unspecified atom stereocenters. The lowest BCUT2D eigenvalue weighted by Gasteiger charge is -2.13. The molecule has 0 saturated heterocycles. The van der Waals surface area contributed by atoms with Gasteiger partial charge in [-0.1, -0.05) is 19.6 Å². The number of hydrogen-bond acceptors (Lipinski definition) is 2. The molecule has 0 spiro atoms. The zero-order chi connectivity index (χ0) is 17.0. The number of ether oxygens (including phenoxy) is 1. The van der Waals surface area contributed by atoms with Crippen molar-refractivity contribution in [2.45, 2.75) is 39.5 Å². The average Bonchev–Trinajstić information content (AvgIpc) is 2.51. The Bertz CT molecular complexity index is 452. The molecule has 0 bridgehead atoms. The Labute approximate surface area is 138 Å². The smallest absolute Gasteiger partial charge is 0.142 e. The highest BCUT2D eigenvalue weighted by Crippen LogP contribution is 2.22. The van der Waals surface area contributed by atoms with Crippen LogP contribution in [-0.2, 0) is 4.74 Å². The zero-order valence-electron chi connectivity index (χ0n) is 13.7. The molecule has 5 heteroatoms. The number of rotatable bonds is 10. The van der Waals surface area contributed by atoms with E-state index in [4.69, 9.17) is 16.3 Å². The lowest BCUT2D eigenvalue weighted by Crippen LogP contribution is -2.01. The Morgan fingerprint density at radius 3 is 2.45 bits per heavy atom. The van der Waals surface area contributed by atoms with Crippen molar-refractivity contribution in [3.05, 3.63) is 36.0 Å². The van der Waals surface area contributed by atoms with Crippen molar-refractivity contribution >= 4 is 24.2 Å². The molecular formula is C17H26ClFN2O. The number of nitrogens with zero attached hydrogens (tertiary/aromatic N) is 2. The predicted octanol–water partition coefficient (Wildman–Crippen LogP) is 5.44. The summed E-state index contributed by atoms with van der Waals surface area (Å²) in [7, 11) is 1.65. The highest BCUT2D eigenvalue weighted by atomic mass is 35.5. The summed E-state index contributed by atoms with van der Waals surface area (Å²) in [5.74, 6) is 1.49. The second-order valence-corrected chi connectivity index (χ2v) is 5.32. The summed E-state index contributed by atoms with van der Waals surface area (Å²) in [5, 5.41) is 0. The first-order chi connectivity index (χ1) is 10.5. The van der Waals surface area contributed by atoms with E-state index in [9.17, 15) is 4.39 Å². The van der Waals surface area contributed by atoms with Crippen LogP contribution in [0.5, 0.6) is 0 Å². The topological polar surface area (TPSA) is 34.0 Å². The molecule has 0 rings (SSSR count). The van der Waals surface area contributed by atoms with Crippen molar-refractivity contribution in [3.8, 4) is 0 Å². The first-order valence-electron chi connectivity index (χ1n) is 7.29. The first-order valence-corrected chi connectivity index (χ1v) is 7.82. The van der Waals surface area contributed by atoms with Gasteiger partial charge in [-0.2, -0.15) is 0 Å². The van der Waals surface area contributed by atoms with Gasteiger partial charge in [0, 0.05) is 6.42 Å². The Morgan fingerprint density at radius 1 is 1.36 bits per heavy atom. The normalized spacial score (nSPS) is 15.1. The molecule has 0 aromatic heterocycles. The molecule has 0 amide bonds. The van der Waals surface area contributed by atoms with E-state index in [0.29, 0.717) is 23.9 Å². The minimum Gasteiger partial charge on any atom is -0.501 e. The monoisotopic (exact) mass is 328 g/mol. The van der Waals surface area contributed by atoms with Crippen LogP contribution in [0.4, 0.5) is 4.39 Å². The fourth-order valence-corrected chi connectivity index (χ4v) is 2.01. The number of allylic oxidation sites excluding steroid dienone is 5. The summed E-state index contributed by atoms with van der Waals surface area (Å²) in [6.45, 7) is 10.6. The minimum absolute atomic E-state index is 0.124. The Kier molecular flexibility index (Phi) is 11.4. The second kappa shape index (κ2) is 12.2. The van der Waals surface area contributed by atoms with Crippen LogP contribution in [0.15, 0.2) is 46.0 Å². The number of alkyl halides is 1. The highest BCUT2D eigenvalue weighted by molar-refractivity contribution is 6.28. The molecule has 0 aliphatic rings. The number of hydrogen-bond donors (Lipinski definition) is 0. The van der Waals surface area contributed by atoms with Gasteiger partial charge in [-0.3, -0.25) is 0 Å². The van der Waals surface area contributed by atoms with Crippen molar-refractivity contribution in [2.75, 3.05) is 13.0 Å². The number of methoxy groups -OCH3 is 1. The largest absolute Gasteiger partial charge is 0.501 e. The molecule has 22 heavy (non-hydrogen) atoms. The van der Waals surface area contributed by atoms with E-state index in [-0.39, 0.29) is 11.7 Å². The van der Waals surface area contributed by atoms with Crippen LogP contribution in [0.2, 0.25) is 0 Å². The van der Waals surface area contributed by atoms with Gasteiger partial charge >= 0.3 is 0 Å². The van der Waals surface area contributed by atoms with Crippen LogP contribution < -0.4 is 0 Å². The van der Waals surface area contributed by atoms with Gasteiger partial charge in [-0.05, 0) is 44.9 Å². The van der Waals surface area contributed by atoms with Crippen LogP contribution in [-0.4, -0.2) is 25.5 Å². The molecule has 0 aliphatic carbocycles. The lowest BCUT2D eigenvalue weighted by molar-refractivity contribution is 0.268. The van der Waals surface area contributed by atoms with Crippen molar-refractivity contribution in [1.82, 2.24) is 0 Å². The van der Waals surface area contributed by atoms with Gasteiger partial charge in [0.25, 0.3) is 0 Å². The molecule has 0 aromatic rings. The molecular weight excluding hydrogens is 303 g/mol.